The molecule has 1 N–H and O–H groups in total. The largest absolute Gasteiger partial charge is 0.493 e. The highest BCUT2D eigenvalue weighted by Crippen LogP contribution is 2.29. The molecule has 1 aliphatic rings. The minimum atomic E-state index is -0.976. The molecule has 0 saturated heterocycles. The fraction of sp³-hybridized carbons (Fsp3) is 0.364. The van der Waals surface area contributed by atoms with Gasteiger partial charge in [-0.15, -0.1) is 0 Å². The van der Waals surface area contributed by atoms with Crippen LogP contribution in [0.25, 0.3) is 0 Å². The van der Waals surface area contributed by atoms with Crippen LogP contribution in [-0.4, -0.2) is 24.8 Å². The number of benzene rings is 1. The number of hydrogen-bond donors (Lipinski definition) is 1. The highest BCUT2D eigenvalue weighted by molar-refractivity contribution is 5.74. The zero-order valence-electron chi connectivity index (χ0n) is 8.40. The van der Waals surface area contributed by atoms with Crippen LogP contribution in [-0.2, 0) is 16.0 Å². The molecule has 80 valence electrons. The molecule has 0 unspecified atom stereocenters. The van der Waals surface area contributed by atoms with Crippen molar-refractivity contribution in [3.63, 3.8) is 0 Å². The second-order valence-electron chi connectivity index (χ2n) is 3.42. The Morgan fingerprint density at radius 1 is 1.60 bits per heavy atom. The SMILES string of the molecule is CO[C@@H](C(=O)O)c1ccc2c(c1)CCO2. The Balaban J connectivity index is 2.32. The van der Waals surface area contributed by atoms with Crippen LogP contribution in [0.3, 0.4) is 0 Å². The van der Waals surface area contributed by atoms with Gasteiger partial charge < -0.3 is 14.6 Å². The molecule has 0 fully saturated rings. The summed E-state index contributed by atoms with van der Waals surface area (Å²) >= 11 is 0. The van der Waals surface area contributed by atoms with Gasteiger partial charge in [-0.3, -0.25) is 0 Å². The third kappa shape index (κ3) is 1.80. The van der Waals surface area contributed by atoms with Gasteiger partial charge in [-0.2, -0.15) is 0 Å². The minimum Gasteiger partial charge on any atom is -0.493 e. The van der Waals surface area contributed by atoms with Crippen LogP contribution in [0.15, 0.2) is 18.2 Å². The summed E-state index contributed by atoms with van der Waals surface area (Å²) in [5.74, 6) is -0.129. The van der Waals surface area contributed by atoms with E-state index < -0.39 is 12.1 Å². The molecule has 0 aliphatic carbocycles. The van der Waals surface area contributed by atoms with Gasteiger partial charge in [-0.05, 0) is 23.3 Å². The fourth-order valence-corrected chi connectivity index (χ4v) is 1.75. The quantitative estimate of drug-likeness (QED) is 0.815. The standard InChI is InChI=1S/C11H12O4/c1-14-10(11(12)13)8-2-3-9-7(6-8)4-5-15-9/h2-3,6,10H,4-5H2,1H3,(H,12,13)/t10-/m1/s1. The maximum Gasteiger partial charge on any atom is 0.337 e. The summed E-state index contributed by atoms with van der Waals surface area (Å²) in [5, 5.41) is 8.92. The molecule has 0 spiro atoms. The highest BCUT2D eigenvalue weighted by atomic mass is 16.5. The molecular formula is C11H12O4. The molecule has 0 bridgehead atoms. The lowest BCUT2D eigenvalue weighted by Crippen LogP contribution is -2.13. The number of ether oxygens (including phenoxy) is 2. The molecule has 0 amide bonds. The van der Waals surface area contributed by atoms with E-state index in [0.29, 0.717) is 12.2 Å². The molecular weight excluding hydrogens is 196 g/mol. The third-order valence-corrected chi connectivity index (χ3v) is 2.48. The third-order valence-electron chi connectivity index (χ3n) is 2.48. The van der Waals surface area contributed by atoms with E-state index in [1.807, 2.05) is 6.07 Å². The van der Waals surface area contributed by atoms with Crippen LogP contribution < -0.4 is 4.74 Å². The summed E-state index contributed by atoms with van der Waals surface area (Å²) < 4.78 is 10.3. The first-order valence-corrected chi connectivity index (χ1v) is 4.73. The number of carboxylic acids is 1. The Morgan fingerprint density at radius 2 is 2.40 bits per heavy atom. The van der Waals surface area contributed by atoms with Crippen LogP contribution in [0.4, 0.5) is 0 Å². The van der Waals surface area contributed by atoms with E-state index in [4.69, 9.17) is 14.6 Å². The molecule has 0 saturated carbocycles. The fourth-order valence-electron chi connectivity index (χ4n) is 1.75. The molecule has 15 heavy (non-hydrogen) atoms. The lowest BCUT2D eigenvalue weighted by molar-refractivity contribution is -0.148. The number of fused-ring (bicyclic) bond motifs is 1. The van der Waals surface area contributed by atoms with Gasteiger partial charge >= 0.3 is 5.97 Å². The Kier molecular flexibility index (Phi) is 2.60. The monoisotopic (exact) mass is 208 g/mol. The number of rotatable bonds is 3. The molecule has 2 rings (SSSR count). The Hall–Kier alpha value is -1.55. The van der Waals surface area contributed by atoms with Gasteiger partial charge in [0, 0.05) is 13.5 Å². The predicted octanol–water partition coefficient (Wildman–Crippen LogP) is 1.39. The zero-order valence-corrected chi connectivity index (χ0v) is 8.40. The number of carbonyl (C=O) groups is 1. The van der Waals surface area contributed by atoms with Crippen LogP contribution >= 0.6 is 0 Å². The number of hydrogen-bond acceptors (Lipinski definition) is 3. The van der Waals surface area contributed by atoms with Crippen molar-refractivity contribution >= 4 is 5.97 Å². The molecule has 0 radical (unpaired) electrons. The van der Waals surface area contributed by atoms with Crippen LogP contribution in [0.1, 0.15) is 17.2 Å². The maximum atomic E-state index is 10.9. The number of methoxy groups -OCH3 is 1. The Bertz CT molecular complexity index is 386. The predicted molar refractivity (Wildman–Crippen MR) is 53.0 cm³/mol. The van der Waals surface area contributed by atoms with Crippen molar-refractivity contribution in [2.75, 3.05) is 13.7 Å². The Morgan fingerprint density at radius 3 is 3.07 bits per heavy atom. The summed E-state index contributed by atoms with van der Waals surface area (Å²) in [6.07, 6.45) is -0.0601. The van der Waals surface area contributed by atoms with Crippen molar-refractivity contribution in [1.82, 2.24) is 0 Å². The molecule has 1 heterocycles. The van der Waals surface area contributed by atoms with Crippen molar-refractivity contribution in [3.8, 4) is 5.75 Å². The Labute approximate surface area is 87.4 Å². The van der Waals surface area contributed by atoms with Crippen molar-refractivity contribution in [3.05, 3.63) is 29.3 Å². The van der Waals surface area contributed by atoms with Crippen molar-refractivity contribution in [2.45, 2.75) is 12.5 Å². The van der Waals surface area contributed by atoms with Gasteiger partial charge in [0.1, 0.15) is 5.75 Å². The molecule has 1 aromatic rings. The minimum absolute atomic E-state index is 0.661. The van der Waals surface area contributed by atoms with Crippen LogP contribution in [0.2, 0.25) is 0 Å². The van der Waals surface area contributed by atoms with Gasteiger partial charge in [0.15, 0.2) is 6.10 Å². The first kappa shape index (κ1) is 9.98. The van der Waals surface area contributed by atoms with E-state index in [0.717, 1.165) is 17.7 Å². The van der Waals surface area contributed by atoms with E-state index >= 15 is 0 Å². The summed E-state index contributed by atoms with van der Waals surface area (Å²) in [7, 11) is 1.39. The average molecular weight is 208 g/mol. The summed E-state index contributed by atoms with van der Waals surface area (Å²) in [5.41, 5.74) is 1.71. The van der Waals surface area contributed by atoms with Crippen LogP contribution in [0.5, 0.6) is 5.75 Å². The van der Waals surface area contributed by atoms with E-state index in [9.17, 15) is 4.79 Å². The lowest BCUT2D eigenvalue weighted by Gasteiger charge is -2.11. The second-order valence-corrected chi connectivity index (χ2v) is 3.42. The topological polar surface area (TPSA) is 55.8 Å². The zero-order chi connectivity index (χ0) is 10.8. The first-order chi connectivity index (χ1) is 7.22. The van der Waals surface area contributed by atoms with E-state index in [-0.39, 0.29) is 0 Å². The van der Waals surface area contributed by atoms with Gasteiger partial charge in [0.25, 0.3) is 0 Å². The van der Waals surface area contributed by atoms with Gasteiger partial charge in [-0.25, -0.2) is 4.79 Å². The smallest absolute Gasteiger partial charge is 0.337 e. The van der Waals surface area contributed by atoms with Crippen molar-refractivity contribution < 1.29 is 19.4 Å². The molecule has 0 aromatic heterocycles. The normalized spacial score (nSPS) is 15.5. The van der Waals surface area contributed by atoms with Gasteiger partial charge in [0.2, 0.25) is 0 Å². The number of carboxylic acid groups (broad SMARTS) is 1. The molecule has 4 nitrogen and oxygen atoms in total. The average Bonchev–Trinajstić information content (AvgIpc) is 2.65. The van der Waals surface area contributed by atoms with Crippen molar-refractivity contribution in [1.29, 1.82) is 0 Å². The van der Waals surface area contributed by atoms with Crippen LogP contribution in [0, 0.1) is 0 Å². The summed E-state index contributed by atoms with van der Waals surface area (Å²) in [6.45, 7) is 0.670. The summed E-state index contributed by atoms with van der Waals surface area (Å²) in [6, 6.07) is 5.36. The van der Waals surface area contributed by atoms with Crippen molar-refractivity contribution in [2.24, 2.45) is 0 Å². The maximum absolute atomic E-state index is 10.9. The molecule has 1 aliphatic heterocycles. The molecule has 4 heteroatoms. The lowest BCUT2D eigenvalue weighted by atomic mass is 10.0. The van der Waals surface area contributed by atoms with Gasteiger partial charge in [0.05, 0.1) is 6.61 Å². The van der Waals surface area contributed by atoms with E-state index in [1.165, 1.54) is 7.11 Å². The number of aliphatic carboxylic acids is 1. The van der Waals surface area contributed by atoms with E-state index in [1.54, 1.807) is 12.1 Å². The summed E-state index contributed by atoms with van der Waals surface area (Å²) in [4.78, 5) is 10.9. The molecule has 1 aromatic carbocycles. The van der Waals surface area contributed by atoms with E-state index in [2.05, 4.69) is 0 Å². The highest BCUT2D eigenvalue weighted by Gasteiger charge is 2.21. The molecule has 1 atom stereocenters. The van der Waals surface area contributed by atoms with Gasteiger partial charge in [-0.1, -0.05) is 6.07 Å². The second kappa shape index (κ2) is 3.90. The first-order valence-electron chi connectivity index (χ1n) is 4.73.